The fourth-order valence-corrected chi connectivity index (χ4v) is 3.25. The summed E-state index contributed by atoms with van der Waals surface area (Å²) in [6.45, 7) is 0. The molecule has 3 rings (SSSR count). The number of hydrogen-bond acceptors (Lipinski definition) is 1. The van der Waals surface area contributed by atoms with Gasteiger partial charge in [0.05, 0.1) is 5.41 Å². The molecule has 0 atom stereocenters. The topological polar surface area (TPSA) is 20.2 Å². The minimum Gasteiger partial charge on any atom is -0.508 e. The van der Waals surface area contributed by atoms with E-state index in [4.69, 9.17) is 0 Å². The van der Waals surface area contributed by atoms with E-state index in [2.05, 4.69) is 0 Å². The van der Waals surface area contributed by atoms with E-state index in [9.17, 15) is 18.3 Å². The van der Waals surface area contributed by atoms with E-state index >= 15 is 0 Å². The van der Waals surface area contributed by atoms with E-state index in [1.54, 1.807) is 0 Å². The molecule has 0 bridgehead atoms. The summed E-state index contributed by atoms with van der Waals surface area (Å²) in [5.41, 5.74) is -1.33. The van der Waals surface area contributed by atoms with Crippen LogP contribution in [0.5, 0.6) is 5.75 Å². The summed E-state index contributed by atoms with van der Waals surface area (Å²) in [5, 5.41) is 9.25. The highest BCUT2D eigenvalue weighted by Crippen LogP contribution is 2.65. The van der Waals surface area contributed by atoms with Gasteiger partial charge in [-0.3, -0.25) is 0 Å². The SMILES string of the molecule is Oc1ccc(C(C2CC2)(C2CC2)C(F)(F)F)cc1. The Kier molecular flexibility index (Phi) is 2.41. The Balaban J connectivity index is 2.11. The maximum Gasteiger partial charge on any atom is 0.398 e. The maximum absolute atomic E-state index is 13.7. The molecule has 0 amide bonds. The molecule has 1 aromatic rings. The van der Waals surface area contributed by atoms with Gasteiger partial charge in [-0.15, -0.1) is 0 Å². The summed E-state index contributed by atoms with van der Waals surface area (Å²) >= 11 is 0. The molecule has 98 valence electrons. The van der Waals surface area contributed by atoms with Gasteiger partial charge in [-0.25, -0.2) is 0 Å². The Morgan fingerprint density at radius 3 is 1.67 bits per heavy atom. The molecule has 2 aliphatic rings. The van der Waals surface area contributed by atoms with Crippen LogP contribution < -0.4 is 0 Å². The molecule has 0 spiro atoms. The molecule has 0 radical (unpaired) electrons. The van der Waals surface area contributed by atoms with Gasteiger partial charge in [0.15, 0.2) is 0 Å². The quantitative estimate of drug-likeness (QED) is 0.866. The molecule has 1 nitrogen and oxygen atoms in total. The summed E-state index contributed by atoms with van der Waals surface area (Å²) in [6, 6.07) is 5.61. The van der Waals surface area contributed by atoms with Gasteiger partial charge in [-0.2, -0.15) is 13.2 Å². The number of phenols is 1. The Hall–Kier alpha value is -1.19. The highest BCUT2D eigenvalue weighted by atomic mass is 19.4. The van der Waals surface area contributed by atoms with E-state index in [1.165, 1.54) is 24.3 Å². The van der Waals surface area contributed by atoms with Crippen molar-refractivity contribution in [1.29, 1.82) is 0 Å². The van der Waals surface area contributed by atoms with Crippen molar-refractivity contribution in [1.82, 2.24) is 0 Å². The van der Waals surface area contributed by atoms with Gasteiger partial charge in [-0.1, -0.05) is 12.1 Å². The fourth-order valence-electron chi connectivity index (χ4n) is 3.25. The van der Waals surface area contributed by atoms with E-state index in [0.29, 0.717) is 31.2 Å². The first-order valence-electron chi connectivity index (χ1n) is 6.32. The summed E-state index contributed by atoms with van der Waals surface area (Å²) < 4.78 is 41.0. The molecule has 4 heteroatoms. The van der Waals surface area contributed by atoms with Gasteiger partial charge in [0, 0.05) is 0 Å². The van der Waals surface area contributed by atoms with Crippen LogP contribution in [0.2, 0.25) is 0 Å². The van der Waals surface area contributed by atoms with Crippen molar-refractivity contribution >= 4 is 0 Å². The molecule has 0 unspecified atom stereocenters. The monoisotopic (exact) mass is 256 g/mol. The van der Waals surface area contributed by atoms with E-state index in [0.717, 1.165) is 0 Å². The minimum absolute atomic E-state index is 0.0152. The molecule has 2 fully saturated rings. The first-order valence-corrected chi connectivity index (χ1v) is 6.32. The molecule has 1 aromatic carbocycles. The second-order valence-corrected chi connectivity index (χ2v) is 5.46. The van der Waals surface area contributed by atoms with Crippen LogP contribution in [0.15, 0.2) is 24.3 Å². The lowest BCUT2D eigenvalue weighted by Gasteiger charge is -2.37. The summed E-state index contributed by atoms with van der Waals surface area (Å²) in [7, 11) is 0. The van der Waals surface area contributed by atoms with Crippen LogP contribution >= 0.6 is 0 Å². The molecular formula is C14H15F3O. The molecule has 2 aliphatic carbocycles. The number of rotatable bonds is 3. The van der Waals surface area contributed by atoms with Crippen molar-refractivity contribution in [2.45, 2.75) is 37.3 Å². The van der Waals surface area contributed by atoms with Crippen molar-refractivity contribution in [2.75, 3.05) is 0 Å². The lowest BCUT2D eigenvalue weighted by molar-refractivity contribution is -0.204. The van der Waals surface area contributed by atoms with Crippen LogP contribution in [0.25, 0.3) is 0 Å². The average molecular weight is 256 g/mol. The van der Waals surface area contributed by atoms with Crippen molar-refractivity contribution in [3.8, 4) is 5.75 Å². The van der Waals surface area contributed by atoms with Crippen LogP contribution in [0, 0.1) is 11.8 Å². The van der Waals surface area contributed by atoms with Crippen molar-refractivity contribution < 1.29 is 18.3 Å². The first-order chi connectivity index (χ1) is 8.46. The predicted molar refractivity (Wildman–Crippen MR) is 61.3 cm³/mol. The van der Waals surface area contributed by atoms with Crippen LogP contribution in [0.1, 0.15) is 31.2 Å². The number of aromatic hydroxyl groups is 1. The third-order valence-corrected chi connectivity index (χ3v) is 4.26. The van der Waals surface area contributed by atoms with Gasteiger partial charge in [-0.05, 0) is 55.2 Å². The molecule has 2 saturated carbocycles. The first kappa shape index (κ1) is 11.9. The van der Waals surface area contributed by atoms with Crippen LogP contribution in [-0.2, 0) is 5.41 Å². The van der Waals surface area contributed by atoms with Gasteiger partial charge in [0.25, 0.3) is 0 Å². The number of hydrogen-bond donors (Lipinski definition) is 1. The van der Waals surface area contributed by atoms with Gasteiger partial charge in [0.2, 0.25) is 0 Å². The van der Waals surface area contributed by atoms with E-state index in [-0.39, 0.29) is 17.6 Å². The lowest BCUT2D eigenvalue weighted by atomic mass is 9.71. The maximum atomic E-state index is 13.7. The minimum atomic E-state index is -4.20. The summed E-state index contributed by atoms with van der Waals surface area (Å²) in [5.74, 6) is -0.523. The van der Waals surface area contributed by atoms with Crippen molar-refractivity contribution in [2.24, 2.45) is 11.8 Å². The zero-order valence-corrected chi connectivity index (χ0v) is 9.87. The Bertz CT molecular complexity index is 429. The van der Waals surface area contributed by atoms with E-state index < -0.39 is 11.6 Å². The molecule has 1 N–H and O–H groups in total. The molecule has 0 heterocycles. The van der Waals surface area contributed by atoms with E-state index in [1.807, 2.05) is 0 Å². The molecular weight excluding hydrogens is 241 g/mol. The lowest BCUT2D eigenvalue weighted by Crippen LogP contribution is -2.46. The predicted octanol–water partition coefficient (Wildman–Crippen LogP) is 4.01. The average Bonchev–Trinajstić information content (AvgIpc) is 3.12. The largest absolute Gasteiger partial charge is 0.508 e. The number of benzene rings is 1. The van der Waals surface area contributed by atoms with Crippen LogP contribution in [0.3, 0.4) is 0 Å². The molecule has 18 heavy (non-hydrogen) atoms. The second kappa shape index (κ2) is 3.65. The molecule has 0 saturated heterocycles. The highest BCUT2D eigenvalue weighted by molar-refractivity contribution is 5.37. The Morgan fingerprint density at radius 1 is 0.889 bits per heavy atom. The Labute approximate surface area is 104 Å². The third kappa shape index (κ3) is 1.62. The zero-order chi connectivity index (χ0) is 13.0. The second-order valence-electron chi connectivity index (χ2n) is 5.46. The standard InChI is InChI=1S/C14H15F3O/c15-14(16,17)13(9-1-2-9,10-3-4-10)11-5-7-12(18)8-6-11/h5-10,18H,1-4H2. The van der Waals surface area contributed by atoms with Crippen LogP contribution in [0.4, 0.5) is 13.2 Å². The van der Waals surface area contributed by atoms with Crippen molar-refractivity contribution in [3.63, 3.8) is 0 Å². The van der Waals surface area contributed by atoms with Gasteiger partial charge < -0.3 is 5.11 Å². The number of alkyl halides is 3. The highest BCUT2D eigenvalue weighted by Gasteiger charge is 2.68. The fraction of sp³-hybridized carbons (Fsp3) is 0.571. The number of phenolic OH excluding ortho intramolecular Hbond substituents is 1. The number of halogens is 3. The van der Waals surface area contributed by atoms with Gasteiger partial charge >= 0.3 is 6.18 Å². The summed E-state index contributed by atoms with van der Waals surface area (Å²) in [4.78, 5) is 0. The smallest absolute Gasteiger partial charge is 0.398 e. The zero-order valence-electron chi connectivity index (χ0n) is 9.87. The third-order valence-electron chi connectivity index (χ3n) is 4.26. The summed E-state index contributed by atoms with van der Waals surface area (Å²) in [6.07, 6.45) is -1.55. The Morgan fingerprint density at radius 2 is 1.33 bits per heavy atom. The normalized spacial score (nSPS) is 21.1. The molecule has 0 aromatic heterocycles. The van der Waals surface area contributed by atoms with Crippen LogP contribution in [-0.4, -0.2) is 11.3 Å². The molecule has 0 aliphatic heterocycles. The van der Waals surface area contributed by atoms with Crippen molar-refractivity contribution in [3.05, 3.63) is 29.8 Å². The van der Waals surface area contributed by atoms with Gasteiger partial charge in [0.1, 0.15) is 5.75 Å².